The fraction of sp³-hybridized carbons (Fsp3) is 0.500. The molecule has 0 aromatic heterocycles. The Morgan fingerprint density at radius 1 is 1.15 bits per heavy atom. The van der Waals surface area contributed by atoms with Gasteiger partial charge in [-0.15, -0.1) is 0 Å². The van der Waals surface area contributed by atoms with Crippen LogP contribution in [0.5, 0.6) is 0 Å². The van der Waals surface area contributed by atoms with Gasteiger partial charge in [0.05, 0.1) is 4.90 Å². The van der Waals surface area contributed by atoms with Gasteiger partial charge in [-0.1, -0.05) is 13.8 Å². The number of aliphatic hydroxyl groups excluding tert-OH is 1. The van der Waals surface area contributed by atoms with Crippen LogP contribution in [0.3, 0.4) is 0 Å². The summed E-state index contributed by atoms with van der Waals surface area (Å²) in [7, 11) is -5.31. The third-order valence-corrected chi connectivity index (χ3v) is 4.17. The molecule has 0 saturated heterocycles. The molecule has 0 radical (unpaired) electrons. The topological polar surface area (TPSA) is 66.4 Å². The van der Waals surface area contributed by atoms with E-state index in [4.69, 9.17) is 5.11 Å². The van der Waals surface area contributed by atoms with Crippen LogP contribution in [0.1, 0.15) is 13.8 Å². The summed E-state index contributed by atoms with van der Waals surface area (Å²) in [6, 6.07) is 4.31. The van der Waals surface area contributed by atoms with Crippen LogP contribution in [0.4, 0.5) is 18.9 Å². The van der Waals surface area contributed by atoms with Gasteiger partial charge in [-0.25, -0.2) is 8.42 Å². The Kier molecular flexibility index (Phi) is 4.70. The number of benzene rings is 1. The average molecular weight is 311 g/mol. The largest absolute Gasteiger partial charge is 0.501 e. The summed E-state index contributed by atoms with van der Waals surface area (Å²) in [5.74, 6) is 0. The van der Waals surface area contributed by atoms with Gasteiger partial charge in [-0.2, -0.15) is 13.2 Å². The van der Waals surface area contributed by atoms with Gasteiger partial charge in [0.2, 0.25) is 0 Å². The Morgan fingerprint density at radius 3 is 2.05 bits per heavy atom. The standard InChI is InChI=1S/C12H16F3NO3S/c1-11(2,8-17)7-16-9-3-5-10(6-4-9)20(18,19)12(13,14)15/h3-6,16-17H,7-8H2,1-2H3. The summed E-state index contributed by atoms with van der Waals surface area (Å²) >= 11 is 0. The Labute approximate surface area is 115 Å². The highest BCUT2D eigenvalue weighted by Crippen LogP contribution is 2.30. The van der Waals surface area contributed by atoms with Crippen molar-refractivity contribution in [1.82, 2.24) is 0 Å². The molecule has 0 aliphatic rings. The summed E-state index contributed by atoms with van der Waals surface area (Å²) in [6.45, 7) is 3.96. The van der Waals surface area contributed by atoms with E-state index in [9.17, 15) is 21.6 Å². The molecule has 1 aromatic rings. The molecule has 1 aromatic carbocycles. The fourth-order valence-corrected chi connectivity index (χ4v) is 2.04. The molecule has 0 amide bonds. The molecule has 0 heterocycles. The minimum atomic E-state index is -5.31. The smallest absolute Gasteiger partial charge is 0.396 e. The molecule has 1 rings (SSSR count). The van der Waals surface area contributed by atoms with Crippen LogP contribution < -0.4 is 5.32 Å². The van der Waals surface area contributed by atoms with E-state index in [2.05, 4.69) is 5.32 Å². The molecule has 20 heavy (non-hydrogen) atoms. The highest BCUT2D eigenvalue weighted by atomic mass is 32.2. The maximum atomic E-state index is 12.3. The molecule has 0 saturated carbocycles. The summed E-state index contributed by atoms with van der Waals surface area (Å²) in [5, 5.41) is 12.0. The lowest BCUT2D eigenvalue weighted by Crippen LogP contribution is -2.26. The van der Waals surface area contributed by atoms with Crippen LogP contribution in [0.15, 0.2) is 29.2 Å². The third kappa shape index (κ3) is 3.86. The number of anilines is 1. The average Bonchev–Trinajstić information content (AvgIpc) is 2.36. The second-order valence-corrected chi connectivity index (χ2v) is 7.09. The highest BCUT2D eigenvalue weighted by Gasteiger charge is 2.46. The summed E-state index contributed by atoms with van der Waals surface area (Å²) < 4.78 is 59.3. The molecule has 2 N–H and O–H groups in total. The van der Waals surface area contributed by atoms with E-state index >= 15 is 0 Å². The molecule has 8 heteroatoms. The summed E-state index contributed by atoms with van der Waals surface area (Å²) in [5.41, 5.74) is -5.22. The lowest BCUT2D eigenvalue weighted by molar-refractivity contribution is -0.0436. The predicted octanol–water partition coefficient (Wildman–Crippen LogP) is 2.41. The van der Waals surface area contributed by atoms with Gasteiger partial charge in [-0.3, -0.25) is 0 Å². The lowest BCUT2D eigenvalue weighted by atomic mass is 9.95. The quantitative estimate of drug-likeness (QED) is 0.876. The second-order valence-electron chi connectivity index (χ2n) is 5.15. The second kappa shape index (κ2) is 5.61. The molecular weight excluding hydrogens is 295 g/mol. The van der Waals surface area contributed by atoms with Crippen LogP contribution in [0.2, 0.25) is 0 Å². The Bertz CT molecular complexity index is 550. The van der Waals surface area contributed by atoms with E-state index in [1.54, 1.807) is 0 Å². The van der Waals surface area contributed by atoms with Gasteiger partial charge >= 0.3 is 5.51 Å². The molecule has 0 unspecified atom stereocenters. The first-order valence-electron chi connectivity index (χ1n) is 5.76. The van der Waals surface area contributed by atoms with Crippen LogP contribution in [-0.4, -0.2) is 32.2 Å². The fourth-order valence-electron chi connectivity index (χ4n) is 1.28. The van der Waals surface area contributed by atoms with Crippen molar-refractivity contribution in [2.24, 2.45) is 5.41 Å². The SMILES string of the molecule is CC(C)(CO)CNc1ccc(S(=O)(=O)C(F)(F)F)cc1. The van der Waals surface area contributed by atoms with Crippen molar-refractivity contribution in [1.29, 1.82) is 0 Å². The first-order chi connectivity index (χ1) is 8.99. The van der Waals surface area contributed by atoms with Crippen LogP contribution >= 0.6 is 0 Å². The number of rotatable bonds is 5. The lowest BCUT2D eigenvalue weighted by Gasteiger charge is -2.22. The number of hydrogen-bond acceptors (Lipinski definition) is 4. The van der Waals surface area contributed by atoms with Gasteiger partial charge in [-0.05, 0) is 24.3 Å². The number of nitrogens with one attached hydrogen (secondary N) is 1. The van der Waals surface area contributed by atoms with E-state index in [0.717, 1.165) is 12.1 Å². The van der Waals surface area contributed by atoms with Crippen molar-refractivity contribution >= 4 is 15.5 Å². The maximum absolute atomic E-state index is 12.3. The van der Waals surface area contributed by atoms with Gasteiger partial charge in [0.1, 0.15) is 0 Å². The van der Waals surface area contributed by atoms with Gasteiger partial charge in [0, 0.05) is 24.3 Å². The molecule has 0 fully saturated rings. The van der Waals surface area contributed by atoms with E-state index in [1.807, 2.05) is 13.8 Å². The number of aliphatic hydroxyl groups is 1. The van der Waals surface area contributed by atoms with E-state index in [-0.39, 0.29) is 6.61 Å². The summed E-state index contributed by atoms with van der Waals surface area (Å²) in [6.07, 6.45) is 0. The van der Waals surface area contributed by atoms with Crippen molar-refractivity contribution in [3.63, 3.8) is 0 Å². The highest BCUT2D eigenvalue weighted by molar-refractivity contribution is 7.92. The monoisotopic (exact) mass is 311 g/mol. The third-order valence-electron chi connectivity index (χ3n) is 2.67. The predicted molar refractivity (Wildman–Crippen MR) is 69.0 cm³/mol. The molecule has 114 valence electrons. The molecule has 0 aliphatic heterocycles. The number of sulfone groups is 1. The van der Waals surface area contributed by atoms with Gasteiger partial charge < -0.3 is 10.4 Å². The summed E-state index contributed by atoms with van der Waals surface area (Å²) in [4.78, 5) is -0.794. The zero-order valence-electron chi connectivity index (χ0n) is 11.0. The normalized spacial score (nSPS) is 13.3. The minimum Gasteiger partial charge on any atom is -0.396 e. The van der Waals surface area contributed by atoms with Crippen LogP contribution in [0, 0.1) is 5.41 Å². The molecular formula is C12H16F3NO3S. The van der Waals surface area contributed by atoms with Crippen molar-refractivity contribution in [3.05, 3.63) is 24.3 Å². The van der Waals surface area contributed by atoms with Crippen LogP contribution in [-0.2, 0) is 9.84 Å². The zero-order valence-corrected chi connectivity index (χ0v) is 11.8. The van der Waals surface area contributed by atoms with E-state index in [0.29, 0.717) is 12.2 Å². The first kappa shape index (κ1) is 16.8. The number of alkyl halides is 3. The number of halogens is 3. The van der Waals surface area contributed by atoms with Crippen molar-refractivity contribution < 1.29 is 26.7 Å². The Balaban J connectivity index is 2.86. The molecule has 0 spiro atoms. The molecule has 4 nitrogen and oxygen atoms in total. The van der Waals surface area contributed by atoms with Crippen LogP contribution in [0.25, 0.3) is 0 Å². The zero-order chi connectivity index (χ0) is 15.6. The van der Waals surface area contributed by atoms with Crippen molar-refractivity contribution in [2.45, 2.75) is 24.3 Å². The minimum absolute atomic E-state index is 0.0550. The molecule has 0 bridgehead atoms. The van der Waals surface area contributed by atoms with Gasteiger partial charge in [0.15, 0.2) is 0 Å². The van der Waals surface area contributed by atoms with E-state index < -0.39 is 25.7 Å². The molecule has 0 aliphatic carbocycles. The molecule has 0 atom stereocenters. The van der Waals surface area contributed by atoms with Crippen molar-refractivity contribution in [3.8, 4) is 0 Å². The Hall–Kier alpha value is -1.28. The first-order valence-corrected chi connectivity index (χ1v) is 7.24. The number of hydrogen-bond donors (Lipinski definition) is 2. The van der Waals surface area contributed by atoms with Crippen molar-refractivity contribution in [2.75, 3.05) is 18.5 Å². The Morgan fingerprint density at radius 2 is 1.65 bits per heavy atom. The van der Waals surface area contributed by atoms with E-state index in [1.165, 1.54) is 12.1 Å². The van der Waals surface area contributed by atoms with Gasteiger partial charge in [0.25, 0.3) is 9.84 Å². The maximum Gasteiger partial charge on any atom is 0.501 e.